The molecule has 0 aromatic heterocycles. The zero-order chi connectivity index (χ0) is 17.8. The smallest absolute Gasteiger partial charge is 0.261 e. The fourth-order valence-electron chi connectivity index (χ4n) is 3.06. The van der Waals surface area contributed by atoms with Crippen molar-refractivity contribution < 1.29 is 12.8 Å². The van der Waals surface area contributed by atoms with Crippen LogP contribution in [0.3, 0.4) is 0 Å². The fraction of sp³-hybridized carbons (Fsp3) is 0.333. The molecule has 0 aliphatic carbocycles. The Hall–Kier alpha value is -1.14. The molecule has 130 valence electrons. The van der Waals surface area contributed by atoms with Crippen LogP contribution < -0.4 is 10.4 Å². The summed E-state index contributed by atoms with van der Waals surface area (Å²) in [7, 11) is -0.883. The Balaban J connectivity index is 2.57. The van der Waals surface area contributed by atoms with Gasteiger partial charge in [-0.1, -0.05) is 81.4 Å². The highest BCUT2D eigenvalue weighted by molar-refractivity contribution is 8.13. The maximum atomic E-state index is 11.3. The lowest BCUT2D eigenvalue weighted by Crippen LogP contribution is -2.66. The van der Waals surface area contributed by atoms with Crippen molar-refractivity contribution in [3.8, 4) is 0 Å². The summed E-state index contributed by atoms with van der Waals surface area (Å²) in [5.74, 6) is -0.195. The first kappa shape index (κ1) is 19.2. The van der Waals surface area contributed by atoms with Crippen LogP contribution in [0.5, 0.6) is 0 Å². The molecule has 0 spiro atoms. The van der Waals surface area contributed by atoms with Gasteiger partial charge in [-0.3, -0.25) is 0 Å². The first-order valence-corrected chi connectivity index (χ1v) is 12.2. The summed E-state index contributed by atoms with van der Waals surface area (Å²) in [5, 5.41) is 2.07. The Labute approximate surface area is 150 Å². The second kappa shape index (κ2) is 7.40. The van der Waals surface area contributed by atoms with E-state index in [9.17, 15) is 8.42 Å². The fourth-order valence-corrected chi connectivity index (χ4v) is 8.24. The van der Waals surface area contributed by atoms with Gasteiger partial charge < -0.3 is 4.43 Å². The Morgan fingerprint density at radius 3 is 1.67 bits per heavy atom. The third-order valence-corrected chi connectivity index (χ3v) is 10.2. The van der Waals surface area contributed by atoms with Crippen LogP contribution in [0.15, 0.2) is 60.7 Å². The van der Waals surface area contributed by atoms with E-state index in [-0.39, 0.29) is 17.4 Å². The van der Waals surface area contributed by atoms with Crippen LogP contribution in [-0.4, -0.2) is 29.1 Å². The van der Waals surface area contributed by atoms with E-state index >= 15 is 0 Å². The Bertz CT molecular complexity index is 716. The molecule has 0 fully saturated rings. The van der Waals surface area contributed by atoms with Crippen molar-refractivity contribution in [1.29, 1.82) is 0 Å². The molecule has 0 atom stereocenters. The van der Waals surface area contributed by atoms with Crippen molar-refractivity contribution in [3.05, 3.63) is 60.7 Å². The average molecular weight is 383 g/mol. The zero-order valence-electron chi connectivity index (χ0n) is 14.2. The maximum Gasteiger partial charge on any atom is 0.261 e. The van der Waals surface area contributed by atoms with E-state index in [1.807, 2.05) is 36.4 Å². The van der Waals surface area contributed by atoms with Crippen LogP contribution in [0.1, 0.15) is 20.8 Å². The topological polar surface area (TPSA) is 43.4 Å². The summed E-state index contributed by atoms with van der Waals surface area (Å²) in [6.07, 6.45) is 0. The lowest BCUT2D eigenvalue weighted by molar-refractivity contribution is 0.320. The predicted octanol–water partition coefficient (Wildman–Crippen LogP) is 3.13. The molecule has 24 heavy (non-hydrogen) atoms. The minimum Gasteiger partial charge on any atom is -0.406 e. The number of rotatable bonds is 6. The molecule has 0 aliphatic heterocycles. The van der Waals surface area contributed by atoms with Crippen molar-refractivity contribution in [2.24, 2.45) is 0 Å². The zero-order valence-corrected chi connectivity index (χ0v) is 16.8. The molecule has 2 aromatic rings. The Kier molecular flexibility index (Phi) is 5.91. The summed E-state index contributed by atoms with van der Waals surface area (Å²) in [4.78, 5) is 0. The summed E-state index contributed by atoms with van der Waals surface area (Å²) < 4.78 is 29.1. The highest BCUT2D eigenvalue weighted by Crippen LogP contribution is 2.36. The predicted molar refractivity (Wildman–Crippen MR) is 103 cm³/mol. The van der Waals surface area contributed by atoms with E-state index in [1.165, 1.54) is 0 Å². The van der Waals surface area contributed by atoms with Gasteiger partial charge in [-0.15, -0.1) is 0 Å². The van der Waals surface area contributed by atoms with Gasteiger partial charge in [-0.2, -0.15) is 0 Å². The van der Waals surface area contributed by atoms with Crippen molar-refractivity contribution in [2.45, 2.75) is 25.8 Å². The van der Waals surface area contributed by atoms with Gasteiger partial charge in [0.2, 0.25) is 9.05 Å². The van der Waals surface area contributed by atoms with E-state index in [0.29, 0.717) is 0 Å². The van der Waals surface area contributed by atoms with E-state index in [1.54, 1.807) is 0 Å². The van der Waals surface area contributed by atoms with Gasteiger partial charge in [0, 0.05) is 17.3 Å². The van der Waals surface area contributed by atoms with Gasteiger partial charge >= 0.3 is 0 Å². The third-order valence-electron chi connectivity index (χ3n) is 4.06. The summed E-state index contributed by atoms with van der Waals surface area (Å²) in [6.45, 7) is 6.52. The van der Waals surface area contributed by atoms with Gasteiger partial charge in [0.25, 0.3) is 8.32 Å². The largest absolute Gasteiger partial charge is 0.406 e. The SMILES string of the molecule is CC(C)(C)[Si](OCCS(=O)(=O)Cl)(c1ccccc1)c1ccccc1. The van der Waals surface area contributed by atoms with Gasteiger partial charge in [0.05, 0.1) is 5.75 Å². The Morgan fingerprint density at radius 1 is 0.917 bits per heavy atom. The van der Waals surface area contributed by atoms with Crippen molar-refractivity contribution >= 4 is 38.4 Å². The molecule has 0 saturated carbocycles. The Morgan fingerprint density at radius 2 is 1.33 bits per heavy atom. The maximum absolute atomic E-state index is 11.3. The first-order chi connectivity index (χ1) is 11.2. The molecule has 0 heterocycles. The highest BCUT2D eigenvalue weighted by Gasteiger charge is 2.50. The average Bonchev–Trinajstić information content (AvgIpc) is 2.51. The number of benzene rings is 2. The number of hydrogen-bond donors (Lipinski definition) is 0. The van der Waals surface area contributed by atoms with Crippen LogP contribution in [-0.2, 0) is 13.5 Å². The molecule has 0 amide bonds. The number of halogens is 1. The third kappa shape index (κ3) is 4.28. The molecule has 0 radical (unpaired) electrons. The molecule has 0 saturated heterocycles. The molecule has 2 aromatic carbocycles. The molecular weight excluding hydrogens is 360 g/mol. The molecule has 0 unspecified atom stereocenters. The normalized spacial score (nSPS) is 13.0. The standard InChI is InChI=1S/C18H23ClO3SSi/c1-18(2,3)24(16-10-6-4-7-11-16,17-12-8-5-9-13-17)22-14-15-23(19,20)21/h4-13H,14-15H2,1-3H3. The second-order valence-corrected chi connectivity index (χ2v) is 14.0. The lowest BCUT2D eigenvalue weighted by Gasteiger charge is -2.43. The summed E-state index contributed by atoms with van der Waals surface area (Å²) >= 11 is 0. The van der Waals surface area contributed by atoms with E-state index in [0.717, 1.165) is 10.4 Å². The second-order valence-electron chi connectivity index (χ2n) is 6.75. The van der Waals surface area contributed by atoms with Gasteiger partial charge in [0.1, 0.15) is 0 Å². The first-order valence-electron chi connectivity index (χ1n) is 7.84. The molecule has 6 heteroatoms. The minimum atomic E-state index is -3.59. The van der Waals surface area contributed by atoms with Crippen molar-refractivity contribution in [2.75, 3.05) is 12.4 Å². The minimum absolute atomic E-state index is 0.0825. The van der Waals surface area contributed by atoms with Gasteiger partial charge in [0.15, 0.2) is 0 Å². The van der Waals surface area contributed by atoms with Crippen LogP contribution in [0, 0.1) is 0 Å². The van der Waals surface area contributed by atoms with Crippen LogP contribution in [0.25, 0.3) is 0 Å². The van der Waals surface area contributed by atoms with Crippen LogP contribution in [0.2, 0.25) is 5.04 Å². The number of hydrogen-bond acceptors (Lipinski definition) is 3. The molecule has 0 N–H and O–H groups in total. The van der Waals surface area contributed by atoms with E-state index < -0.39 is 17.4 Å². The lowest BCUT2D eigenvalue weighted by atomic mass is 10.2. The highest BCUT2D eigenvalue weighted by atomic mass is 35.7. The summed E-state index contributed by atoms with van der Waals surface area (Å²) in [5.41, 5.74) is 0. The molecule has 3 nitrogen and oxygen atoms in total. The molecule has 0 aliphatic rings. The van der Waals surface area contributed by atoms with Crippen molar-refractivity contribution in [1.82, 2.24) is 0 Å². The molecular formula is C18H23ClO3SSi. The summed E-state index contributed by atoms with van der Waals surface area (Å²) in [6, 6.07) is 20.2. The van der Waals surface area contributed by atoms with Crippen molar-refractivity contribution in [3.63, 3.8) is 0 Å². The molecule has 0 bridgehead atoms. The molecule has 2 rings (SSSR count). The van der Waals surface area contributed by atoms with E-state index in [2.05, 4.69) is 45.0 Å². The van der Waals surface area contributed by atoms with E-state index in [4.69, 9.17) is 15.1 Å². The van der Waals surface area contributed by atoms with Gasteiger partial charge in [-0.25, -0.2) is 8.42 Å². The van der Waals surface area contributed by atoms with Gasteiger partial charge in [-0.05, 0) is 15.4 Å². The van der Waals surface area contributed by atoms with Crippen LogP contribution in [0.4, 0.5) is 0 Å². The van der Waals surface area contributed by atoms with Crippen LogP contribution >= 0.6 is 10.7 Å². The monoisotopic (exact) mass is 382 g/mol. The quantitative estimate of drug-likeness (QED) is 0.569.